The molecule has 1 fully saturated rings. The molecular weight excluding hydrogens is 271 g/mol. The van der Waals surface area contributed by atoms with Crippen molar-refractivity contribution in [3.8, 4) is 0 Å². The van der Waals surface area contributed by atoms with E-state index < -0.39 is 11.7 Å². The number of halogens is 1. The first-order valence-corrected chi connectivity index (χ1v) is 7.31. The molecule has 0 saturated carbocycles. The van der Waals surface area contributed by atoms with E-state index in [2.05, 4.69) is 10.2 Å². The molecule has 0 aliphatic carbocycles. The molecule has 0 bridgehead atoms. The number of hydrogen-bond acceptors (Lipinski definition) is 3. The van der Waals surface area contributed by atoms with Crippen LogP contribution in [-0.2, 0) is 4.74 Å². The van der Waals surface area contributed by atoms with E-state index in [0.717, 1.165) is 18.7 Å². The second-order valence-corrected chi connectivity index (χ2v) is 6.41. The molecule has 1 aliphatic rings. The van der Waals surface area contributed by atoms with Gasteiger partial charge in [0.1, 0.15) is 11.4 Å². The van der Waals surface area contributed by atoms with Crippen LogP contribution in [0.4, 0.5) is 9.18 Å². The summed E-state index contributed by atoms with van der Waals surface area (Å²) >= 11 is 0. The topological polar surface area (TPSA) is 41.6 Å². The van der Waals surface area contributed by atoms with Crippen LogP contribution in [0, 0.1) is 5.82 Å². The van der Waals surface area contributed by atoms with Crippen LogP contribution in [0.3, 0.4) is 0 Å². The standard InChI is InChI=1S/C16H23FN2O2/c1-16(2,3)21-15(20)18-14(11-19-8-5-9-19)12-6-4-7-13(17)10-12/h4,6-7,10,14H,5,8-9,11H2,1-3H3,(H,18,20)/t14-/m1/s1. The lowest BCUT2D eigenvalue weighted by atomic mass is 10.0. The van der Waals surface area contributed by atoms with Gasteiger partial charge >= 0.3 is 6.09 Å². The van der Waals surface area contributed by atoms with Gasteiger partial charge in [-0.25, -0.2) is 9.18 Å². The second-order valence-electron chi connectivity index (χ2n) is 6.41. The smallest absolute Gasteiger partial charge is 0.408 e. The van der Waals surface area contributed by atoms with Crippen molar-refractivity contribution in [2.75, 3.05) is 19.6 Å². The molecule has 0 spiro atoms. The van der Waals surface area contributed by atoms with Crippen molar-refractivity contribution < 1.29 is 13.9 Å². The van der Waals surface area contributed by atoms with E-state index in [1.165, 1.54) is 18.6 Å². The Morgan fingerprint density at radius 2 is 2.14 bits per heavy atom. The van der Waals surface area contributed by atoms with Gasteiger partial charge in [-0.2, -0.15) is 0 Å². The molecule has 1 aromatic carbocycles. The number of benzene rings is 1. The predicted octanol–water partition coefficient (Wildman–Crippen LogP) is 3.10. The third-order valence-corrected chi connectivity index (χ3v) is 3.33. The summed E-state index contributed by atoms with van der Waals surface area (Å²) in [5, 5.41) is 2.85. The molecule has 1 aromatic rings. The summed E-state index contributed by atoms with van der Waals surface area (Å²) in [4.78, 5) is 14.2. The monoisotopic (exact) mass is 294 g/mol. The number of carbonyl (C=O) groups is 1. The molecule has 1 heterocycles. The number of rotatable bonds is 4. The molecule has 0 aromatic heterocycles. The summed E-state index contributed by atoms with van der Waals surface area (Å²) in [6.45, 7) is 8.16. The molecular formula is C16H23FN2O2. The number of ether oxygens (including phenoxy) is 1. The average Bonchev–Trinajstić information content (AvgIpc) is 2.29. The van der Waals surface area contributed by atoms with E-state index >= 15 is 0 Å². The van der Waals surface area contributed by atoms with Gasteiger partial charge in [0.2, 0.25) is 0 Å². The average molecular weight is 294 g/mol. The summed E-state index contributed by atoms with van der Waals surface area (Å²) in [7, 11) is 0. The third kappa shape index (κ3) is 5.01. The number of nitrogens with one attached hydrogen (secondary N) is 1. The van der Waals surface area contributed by atoms with Crippen molar-refractivity contribution in [3.63, 3.8) is 0 Å². The quantitative estimate of drug-likeness (QED) is 0.928. The minimum Gasteiger partial charge on any atom is -0.444 e. The van der Waals surface area contributed by atoms with Crippen LogP contribution < -0.4 is 5.32 Å². The van der Waals surface area contributed by atoms with Crippen LogP contribution in [0.5, 0.6) is 0 Å². The van der Waals surface area contributed by atoms with Crippen LogP contribution in [0.2, 0.25) is 0 Å². The fourth-order valence-electron chi connectivity index (χ4n) is 2.23. The Hall–Kier alpha value is -1.62. The highest BCUT2D eigenvalue weighted by Crippen LogP contribution is 2.19. The molecule has 116 valence electrons. The zero-order chi connectivity index (χ0) is 15.5. The first kappa shape index (κ1) is 15.8. The highest BCUT2D eigenvalue weighted by atomic mass is 19.1. The summed E-state index contributed by atoms with van der Waals surface area (Å²) in [6.07, 6.45) is 0.694. The summed E-state index contributed by atoms with van der Waals surface area (Å²) in [5.74, 6) is -0.299. The van der Waals surface area contributed by atoms with Crippen molar-refractivity contribution in [1.82, 2.24) is 10.2 Å². The maximum Gasteiger partial charge on any atom is 0.408 e. The van der Waals surface area contributed by atoms with E-state index in [1.54, 1.807) is 6.07 Å². The van der Waals surface area contributed by atoms with Gasteiger partial charge in [0.15, 0.2) is 0 Å². The van der Waals surface area contributed by atoms with Crippen LogP contribution in [0.15, 0.2) is 24.3 Å². The van der Waals surface area contributed by atoms with Gasteiger partial charge in [-0.3, -0.25) is 0 Å². The lowest BCUT2D eigenvalue weighted by Gasteiger charge is -2.34. The van der Waals surface area contributed by atoms with E-state index in [4.69, 9.17) is 4.74 Å². The Balaban J connectivity index is 2.06. The molecule has 1 N–H and O–H groups in total. The molecule has 2 rings (SSSR count). The van der Waals surface area contributed by atoms with Gasteiger partial charge in [0.05, 0.1) is 6.04 Å². The van der Waals surface area contributed by atoms with Gasteiger partial charge < -0.3 is 15.0 Å². The number of hydrogen-bond donors (Lipinski definition) is 1. The molecule has 0 radical (unpaired) electrons. The minimum absolute atomic E-state index is 0.268. The summed E-state index contributed by atoms with van der Waals surface area (Å²) in [5.41, 5.74) is 0.209. The predicted molar refractivity (Wildman–Crippen MR) is 79.6 cm³/mol. The van der Waals surface area contributed by atoms with Gasteiger partial charge in [-0.05, 0) is 58.0 Å². The molecule has 5 heteroatoms. The van der Waals surface area contributed by atoms with Crippen molar-refractivity contribution >= 4 is 6.09 Å². The molecule has 1 saturated heterocycles. The molecule has 1 amide bonds. The van der Waals surface area contributed by atoms with Crippen molar-refractivity contribution in [1.29, 1.82) is 0 Å². The number of alkyl carbamates (subject to hydrolysis) is 1. The number of nitrogens with zero attached hydrogens (tertiary/aromatic N) is 1. The number of amides is 1. The van der Waals surface area contributed by atoms with Crippen LogP contribution in [0.1, 0.15) is 38.8 Å². The van der Waals surface area contributed by atoms with E-state index in [1.807, 2.05) is 26.8 Å². The summed E-state index contributed by atoms with van der Waals surface area (Å²) in [6, 6.07) is 6.07. The lowest BCUT2D eigenvalue weighted by Crippen LogP contribution is -2.45. The number of likely N-dealkylation sites (tertiary alicyclic amines) is 1. The number of carbonyl (C=O) groups excluding carboxylic acids is 1. The first-order valence-electron chi connectivity index (χ1n) is 7.31. The van der Waals surface area contributed by atoms with E-state index in [9.17, 15) is 9.18 Å². The molecule has 1 aliphatic heterocycles. The molecule has 0 unspecified atom stereocenters. The SMILES string of the molecule is CC(C)(C)OC(=O)N[C@H](CN1CCC1)c1cccc(F)c1. The zero-order valence-electron chi connectivity index (χ0n) is 12.9. The maximum atomic E-state index is 13.4. The third-order valence-electron chi connectivity index (χ3n) is 3.33. The van der Waals surface area contributed by atoms with Gasteiger partial charge in [0, 0.05) is 6.54 Å². The maximum absolute atomic E-state index is 13.4. The highest BCUT2D eigenvalue weighted by molar-refractivity contribution is 5.68. The van der Waals surface area contributed by atoms with Crippen molar-refractivity contribution in [2.45, 2.75) is 38.8 Å². The molecule has 4 nitrogen and oxygen atoms in total. The van der Waals surface area contributed by atoms with Crippen molar-refractivity contribution in [3.05, 3.63) is 35.6 Å². The Labute approximate surface area is 125 Å². The molecule has 21 heavy (non-hydrogen) atoms. The normalized spacial score (nSPS) is 17.0. The minimum atomic E-state index is -0.548. The second kappa shape index (κ2) is 6.43. The van der Waals surface area contributed by atoms with Crippen LogP contribution >= 0.6 is 0 Å². The van der Waals surface area contributed by atoms with Crippen LogP contribution in [-0.4, -0.2) is 36.2 Å². The zero-order valence-corrected chi connectivity index (χ0v) is 12.9. The van der Waals surface area contributed by atoms with Gasteiger partial charge in [0.25, 0.3) is 0 Å². The van der Waals surface area contributed by atoms with Crippen LogP contribution in [0.25, 0.3) is 0 Å². The Morgan fingerprint density at radius 3 is 2.67 bits per heavy atom. The Morgan fingerprint density at radius 1 is 1.43 bits per heavy atom. The van der Waals surface area contributed by atoms with E-state index in [-0.39, 0.29) is 11.9 Å². The van der Waals surface area contributed by atoms with E-state index in [0.29, 0.717) is 6.54 Å². The Bertz CT molecular complexity index is 495. The largest absolute Gasteiger partial charge is 0.444 e. The fraction of sp³-hybridized carbons (Fsp3) is 0.562. The molecule has 1 atom stereocenters. The Kier molecular flexibility index (Phi) is 4.83. The van der Waals surface area contributed by atoms with Crippen molar-refractivity contribution in [2.24, 2.45) is 0 Å². The highest BCUT2D eigenvalue weighted by Gasteiger charge is 2.24. The first-order chi connectivity index (χ1) is 9.83. The summed E-state index contributed by atoms with van der Waals surface area (Å²) < 4.78 is 18.7. The van der Waals surface area contributed by atoms with Gasteiger partial charge in [-0.1, -0.05) is 12.1 Å². The van der Waals surface area contributed by atoms with Gasteiger partial charge in [-0.15, -0.1) is 0 Å². The lowest BCUT2D eigenvalue weighted by molar-refractivity contribution is 0.0479. The fourth-order valence-corrected chi connectivity index (χ4v) is 2.23.